The van der Waals surface area contributed by atoms with Crippen molar-refractivity contribution in [3.05, 3.63) is 63.2 Å². The molecule has 0 saturated heterocycles. The molecule has 0 spiro atoms. The summed E-state index contributed by atoms with van der Waals surface area (Å²) in [5, 5.41) is 13.4. The van der Waals surface area contributed by atoms with Crippen molar-refractivity contribution in [2.75, 3.05) is 5.32 Å². The van der Waals surface area contributed by atoms with Gasteiger partial charge in [-0.05, 0) is 11.6 Å². The predicted octanol–water partition coefficient (Wildman–Crippen LogP) is 3.79. The van der Waals surface area contributed by atoms with E-state index in [1.807, 2.05) is 30.3 Å². The van der Waals surface area contributed by atoms with Crippen molar-refractivity contribution in [1.82, 2.24) is 0 Å². The number of nitrogens with zero attached hydrogens (tertiary/aromatic N) is 1. The molecule has 1 N–H and O–H groups in total. The number of nitro benzene ring substituents is 1. The van der Waals surface area contributed by atoms with Gasteiger partial charge in [0.1, 0.15) is 17.4 Å². The van der Waals surface area contributed by atoms with Gasteiger partial charge in [-0.25, -0.2) is 0 Å². The van der Waals surface area contributed by atoms with E-state index in [2.05, 4.69) is 5.32 Å². The smallest absolute Gasteiger partial charge is 0.291 e. The number of anilines is 1. The molecule has 0 atom stereocenters. The van der Waals surface area contributed by atoms with Crippen LogP contribution in [0.1, 0.15) is 12.5 Å². The number of amides is 1. The van der Waals surface area contributed by atoms with Crippen LogP contribution in [-0.4, -0.2) is 10.8 Å². The number of benzene rings is 2. The van der Waals surface area contributed by atoms with E-state index in [-0.39, 0.29) is 29.0 Å². The van der Waals surface area contributed by atoms with E-state index >= 15 is 0 Å². The Balaban J connectivity index is 2.31. The number of ether oxygens (including phenoxy) is 1. The first kappa shape index (κ1) is 15.8. The molecule has 0 fully saturated rings. The molecule has 2 rings (SSSR count). The number of rotatable bonds is 5. The van der Waals surface area contributed by atoms with Crippen LogP contribution in [0.3, 0.4) is 0 Å². The van der Waals surface area contributed by atoms with Crippen molar-refractivity contribution in [1.29, 1.82) is 0 Å². The third-order valence-electron chi connectivity index (χ3n) is 2.79. The van der Waals surface area contributed by atoms with E-state index < -0.39 is 4.92 Å². The fourth-order valence-electron chi connectivity index (χ4n) is 1.82. The van der Waals surface area contributed by atoms with Crippen molar-refractivity contribution in [2.24, 2.45) is 0 Å². The van der Waals surface area contributed by atoms with Crippen LogP contribution in [0.4, 0.5) is 11.4 Å². The minimum Gasteiger partial charge on any atom is -0.486 e. The number of carbonyl (C=O) groups is 1. The number of nitro groups is 1. The van der Waals surface area contributed by atoms with Gasteiger partial charge in [0.15, 0.2) is 0 Å². The zero-order valence-corrected chi connectivity index (χ0v) is 12.5. The normalized spacial score (nSPS) is 10.1. The predicted molar refractivity (Wildman–Crippen MR) is 83.2 cm³/mol. The summed E-state index contributed by atoms with van der Waals surface area (Å²) >= 11 is 5.85. The molecule has 0 heterocycles. The molecule has 1 amide bonds. The zero-order chi connectivity index (χ0) is 16.1. The minimum absolute atomic E-state index is 0.0687. The largest absolute Gasteiger partial charge is 0.486 e. The Labute approximate surface area is 131 Å². The molecular formula is C15H13ClN2O4. The molecule has 0 aliphatic heterocycles. The fourth-order valence-corrected chi connectivity index (χ4v) is 2.06. The highest BCUT2D eigenvalue weighted by Crippen LogP contribution is 2.36. The molecule has 0 saturated carbocycles. The summed E-state index contributed by atoms with van der Waals surface area (Å²) in [5.41, 5.74) is 0.909. The summed E-state index contributed by atoms with van der Waals surface area (Å²) < 4.78 is 5.59. The molecule has 0 aliphatic rings. The van der Waals surface area contributed by atoms with Crippen LogP contribution in [0.15, 0.2) is 42.5 Å². The zero-order valence-electron chi connectivity index (χ0n) is 11.7. The molecular weight excluding hydrogens is 308 g/mol. The molecule has 0 aromatic heterocycles. The van der Waals surface area contributed by atoms with Crippen molar-refractivity contribution < 1.29 is 14.5 Å². The van der Waals surface area contributed by atoms with E-state index in [1.54, 1.807) is 0 Å². The van der Waals surface area contributed by atoms with Crippen LogP contribution in [-0.2, 0) is 11.4 Å². The quantitative estimate of drug-likeness (QED) is 0.671. The Morgan fingerprint density at radius 1 is 1.32 bits per heavy atom. The maximum Gasteiger partial charge on any atom is 0.291 e. The minimum atomic E-state index is -0.602. The van der Waals surface area contributed by atoms with Gasteiger partial charge in [-0.15, -0.1) is 0 Å². The van der Waals surface area contributed by atoms with E-state index in [0.29, 0.717) is 5.69 Å². The lowest BCUT2D eigenvalue weighted by Gasteiger charge is -2.12. The van der Waals surface area contributed by atoms with E-state index in [1.165, 1.54) is 19.1 Å². The van der Waals surface area contributed by atoms with Crippen LogP contribution in [0.5, 0.6) is 5.75 Å². The Bertz CT molecular complexity index is 704. The average Bonchev–Trinajstić information content (AvgIpc) is 2.46. The number of carbonyl (C=O) groups excluding carboxylic acids is 1. The van der Waals surface area contributed by atoms with Crippen molar-refractivity contribution in [3.63, 3.8) is 0 Å². The molecule has 6 nitrogen and oxygen atoms in total. The number of hydrogen-bond acceptors (Lipinski definition) is 4. The lowest BCUT2D eigenvalue weighted by molar-refractivity contribution is -0.384. The highest BCUT2D eigenvalue weighted by molar-refractivity contribution is 6.33. The molecule has 22 heavy (non-hydrogen) atoms. The van der Waals surface area contributed by atoms with Gasteiger partial charge in [0.2, 0.25) is 5.91 Å². The summed E-state index contributed by atoms with van der Waals surface area (Å²) in [6, 6.07) is 11.8. The standard InChI is InChI=1S/C15H13ClN2O4/c1-10(19)17-13-7-12(16)14(18(20)21)8-15(13)22-9-11-5-3-2-4-6-11/h2-8H,9H2,1H3,(H,17,19). The monoisotopic (exact) mass is 320 g/mol. The van der Waals surface area contributed by atoms with Gasteiger partial charge in [0.05, 0.1) is 16.7 Å². The van der Waals surface area contributed by atoms with Crippen molar-refractivity contribution in [2.45, 2.75) is 13.5 Å². The second kappa shape index (κ2) is 6.91. The fraction of sp³-hybridized carbons (Fsp3) is 0.133. The molecule has 2 aromatic rings. The first-order chi connectivity index (χ1) is 10.5. The molecule has 2 aromatic carbocycles. The Kier molecular flexibility index (Phi) is 4.95. The summed E-state index contributed by atoms with van der Waals surface area (Å²) in [4.78, 5) is 21.6. The van der Waals surface area contributed by atoms with Crippen LogP contribution >= 0.6 is 11.6 Å². The Hall–Kier alpha value is -2.60. The lowest BCUT2D eigenvalue weighted by atomic mass is 10.2. The molecule has 7 heteroatoms. The second-order valence-electron chi connectivity index (χ2n) is 4.51. The summed E-state index contributed by atoms with van der Waals surface area (Å²) in [7, 11) is 0. The number of nitrogens with one attached hydrogen (secondary N) is 1. The summed E-state index contributed by atoms with van der Waals surface area (Å²) in [6.45, 7) is 1.54. The molecule has 0 unspecified atom stereocenters. The number of halogens is 1. The van der Waals surface area contributed by atoms with E-state index in [0.717, 1.165) is 5.56 Å². The van der Waals surface area contributed by atoms with Gasteiger partial charge in [-0.2, -0.15) is 0 Å². The first-order valence-electron chi connectivity index (χ1n) is 6.39. The Morgan fingerprint density at radius 3 is 2.59 bits per heavy atom. The second-order valence-corrected chi connectivity index (χ2v) is 4.92. The Morgan fingerprint density at radius 2 is 2.00 bits per heavy atom. The molecule has 0 radical (unpaired) electrons. The topological polar surface area (TPSA) is 81.5 Å². The van der Waals surface area contributed by atoms with Gasteiger partial charge >= 0.3 is 0 Å². The van der Waals surface area contributed by atoms with Gasteiger partial charge in [-0.3, -0.25) is 14.9 Å². The maximum absolute atomic E-state index is 11.2. The van der Waals surface area contributed by atoms with Crippen LogP contribution < -0.4 is 10.1 Å². The third-order valence-corrected chi connectivity index (χ3v) is 3.10. The molecule has 0 aliphatic carbocycles. The van der Waals surface area contributed by atoms with Crippen LogP contribution in [0, 0.1) is 10.1 Å². The van der Waals surface area contributed by atoms with Crippen LogP contribution in [0.25, 0.3) is 0 Å². The van der Waals surface area contributed by atoms with Gasteiger partial charge in [-0.1, -0.05) is 41.9 Å². The SMILES string of the molecule is CC(=O)Nc1cc(Cl)c([N+](=O)[O-])cc1OCc1ccccc1. The summed E-state index contributed by atoms with van der Waals surface area (Å²) in [6.07, 6.45) is 0. The molecule has 114 valence electrons. The van der Waals surface area contributed by atoms with Gasteiger partial charge < -0.3 is 10.1 Å². The van der Waals surface area contributed by atoms with Crippen molar-refractivity contribution in [3.8, 4) is 5.75 Å². The maximum atomic E-state index is 11.2. The van der Waals surface area contributed by atoms with Crippen LogP contribution in [0.2, 0.25) is 5.02 Å². The number of hydrogen-bond donors (Lipinski definition) is 1. The molecule has 0 bridgehead atoms. The average molecular weight is 321 g/mol. The van der Waals surface area contributed by atoms with E-state index in [9.17, 15) is 14.9 Å². The third kappa shape index (κ3) is 3.95. The first-order valence-corrected chi connectivity index (χ1v) is 6.77. The van der Waals surface area contributed by atoms with E-state index in [4.69, 9.17) is 16.3 Å². The lowest BCUT2D eigenvalue weighted by Crippen LogP contribution is -2.08. The van der Waals surface area contributed by atoms with Gasteiger partial charge in [0.25, 0.3) is 5.69 Å². The highest BCUT2D eigenvalue weighted by Gasteiger charge is 2.18. The van der Waals surface area contributed by atoms with Crippen molar-refractivity contribution >= 4 is 28.9 Å². The highest BCUT2D eigenvalue weighted by atomic mass is 35.5. The summed E-state index contributed by atoms with van der Waals surface area (Å²) in [5.74, 6) is -0.135. The van der Waals surface area contributed by atoms with Gasteiger partial charge in [0, 0.05) is 6.92 Å².